The number of rotatable bonds is 5. The molecule has 1 atom stereocenters. The summed E-state index contributed by atoms with van der Waals surface area (Å²) in [6.45, 7) is 5.79. The van der Waals surface area contributed by atoms with E-state index in [0.29, 0.717) is 6.54 Å². The van der Waals surface area contributed by atoms with Crippen LogP contribution in [0.4, 0.5) is 0 Å². The minimum Gasteiger partial charge on any atom is -0.481 e. The SMILES string of the molecule is C[C@H](NCC(C)(C)C(=O)O)c1ccccn1. The van der Waals surface area contributed by atoms with Crippen molar-refractivity contribution in [2.45, 2.75) is 26.8 Å². The molecular formula is C12H18N2O2. The Balaban J connectivity index is 2.54. The van der Waals surface area contributed by atoms with Crippen LogP contribution in [0.3, 0.4) is 0 Å². The smallest absolute Gasteiger partial charge is 0.310 e. The first-order chi connectivity index (χ1) is 7.43. The molecule has 16 heavy (non-hydrogen) atoms. The summed E-state index contributed by atoms with van der Waals surface area (Å²) < 4.78 is 0. The quantitative estimate of drug-likeness (QED) is 0.798. The molecule has 0 saturated carbocycles. The van der Waals surface area contributed by atoms with E-state index in [1.165, 1.54) is 0 Å². The van der Waals surface area contributed by atoms with Gasteiger partial charge in [-0.15, -0.1) is 0 Å². The van der Waals surface area contributed by atoms with Crippen molar-refractivity contribution in [2.24, 2.45) is 5.41 Å². The van der Waals surface area contributed by atoms with Crippen molar-refractivity contribution in [2.75, 3.05) is 6.54 Å². The van der Waals surface area contributed by atoms with E-state index in [-0.39, 0.29) is 6.04 Å². The maximum absolute atomic E-state index is 10.9. The lowest BCUT2D eigenvalue weighted by atomic mass is 9.93. The first-order valence-corrected chi connectivity index (χ1v) is 5.31. The van der Waals surface area contributed by atoms with Crippen molar-refractivity contribution in [3.05, 3.63) is 30.1 Å². The number of aliphatic carboxylic acids is 1. The molecule has 1 heterocycles. The van der Waals surface area contributed by atoms with E-state index in [1.54, 1.807) is 20.0 Å². The van der Waals surface area contributed by atoms with Gasteiger partial charge >= 0.3 is 5.97 Å². The van der Waals surface area contributed by atoms with Crippen molar-refractivity contribution < 1.29 is 9.90 Å². The average molecular weight is 222 g/mol. The molecule has 1 aromatic heterocycles. The van der Waals surface area contributed by atoms with Crippen LogP contribution in [0.1, 0.15) is 32.5 Å². The van der Waals surface area contributed by atoms with Crippen LogP contribution in [0.2, 0.25) is 0 Å². The summed E-state index contributed by atoms with van der Waals surface area (Å²) in [4.78, 5) is 15.1. The van der Waals surface area contributed by atoms with Gasteiger partial charge < -0.3 is 10.4 Å². The minimum absolute atomic E-state index is 0.0554. The molecule has 0 aliphatic rings. The first kappa shape index (κ1) is 12.6. The minimum atomic E-state index is -0.798. The van der Waals surface area contributed by atoms with Crippen molar-refractivity contribution in [1.82, 2.24) is 10.3 Å². The number of carboxylic acids is 1. The van der Waals surface area contributed by atoms with Gasteiger partial charge in [0, 0.05) is 18.8 Å². The molecule has 0 aliphatic heterocycles. The Kier molecular flexibility index (Phi) is 4.01. The van der Waals surface area contributed by atoms with Gasteiger partial charge in [0.2, 0.25) is 0 Å². The molecule has 0 aromatic carbocycles. The molecule has 0 aliphatic carbocycles. The summed E-state index contributed by atoms with van der Waals surface area (Å²) in [5, 5.41) is 12.1. The van der Waals surface area contributed by atoms with E-state index in [4.69, 9.17) is 5.11 Å². The number of hydrogen-bond donors (Lipinski definition) is 2. The molecule has 0 amide bonds. The molecule has 4 heteroatoms. The van der Waals surface area contributed by atoms with E-state index in [0.717, 1.165) is 5.69 Å². The Morgan fingerprint density at radius 1 is 1.56 bits per heavy atom. The van der Waals surface area contributed by atoms with Gasteiger partial charge in [0.1, 0.15) is 0 Å². The molecule has 4 nitrogen and oxygen atoms in total. The Hall–Kier alpha value is -1.42. The van der Waals surface area contributed by atoms with Gasteiger partial charge in [-0.1, -0.05) is 6.07 Å². The Labute approximate surface area is 95.7 Å². The molecule has 0 bridgehead atoms. The van der Waals surface area contributed by atoms with Crippen molar-refractivity contribution in [1.29, 1.82) is 0 Å². The van der Waals surface area contributed by atoms with E-state index in [1.807, 2.05) is 25.1 Å². The van der Waals surface area contributed by atoms with Gasteiger partial charge in [-0.3, -0.25) is 9.78 Å². The standard InChI is InChI=1S/C12H18N2O2/c1-9(10-6-4-5-7-13-10)14-8-12(2,3)11(15)16/h4-7,9,14H,8H2,1-3H3,(H,15,16)/t9-/m0/s1. The number of hydrogen-bond acceptors (Lipinski definition) is 3. The van der Waals surface area contributed by atoms with Crippen LogP contribution in [0.25, 0.3) is 0 Å². The van der Waals surface area contributed by atoms with E-state index < -0.39 is 11.4 Å². The zero-order valence-corrected chi connectivity index (χ0v) is 9.90. The Morgan fingerprint density at radius 2 is 2.25 bits per heavy atom. The molecule has 0 saturated heterocycles. The van der Waals surface area contributed by atoms with Gasteiger partial charge in [-0.05, 0) is 32.9 Å². The molecule has 0 spiro atoms. The summed E-state index contributed by atoms with van der Waals surface area (Å²) in [7, 11) is 0. The third kappa shape index (κ3) is 3.31. The average Bonchev–Trinajstić information content (AvgIpc) is 2.27. The monoisotopic (exact) mass is 222 g/mol. The van der Waals surface area contributed by atoms with E-state index in [2.05, 4.69) is 10.3 Å². The highest BCUT2D eigenvalue weighted by Crippen LogP contribution is 2.16. The van der Waals surface area contributed by atoms with Crippen LogP contribution in [-0.2, 0) is 4.79 Å². The van der Waals surface area contributed by atoms with Crippen LogP contribution >= 0.6 is 0 Å². The number of nitrogens with one attached hydrogen (secondary N) is 1. The van der Waals surface area contributed by atoms with Crippen LogP contribution < -0.4 is 5.32 Å². The Morgan fingerprint density at radius 3 is 2.75 bits per heavy atom. The number of pyridine rings is 1. The maximum atomic E-state index is 10.9. The summed E-state index contributed by atoms with van der Waals surface area (Å²) >= 11 is 0. The molecule has 0 fully saturated rings. The summed E-state index contributed by atoms with van der Waals surface area (Å²) in [6, 6.07) is 5.76. The Bertz CT molecular complexity index is 349. The second-order valence-electron chi connectivity index (χ2n) is 4.55. The number of nitrogens with zero attached hydrogens (tertiary/aromatic N) is 1. The fourth-order valence-electron chi connectivity index (χ4n) is 1.22. The van der Waals surface area contributed by atoms with E-state index in [9.17, 15) is 4.79 Å². The van der Waals surface area contributed by atoms with Gasteiger partial charge in [0.15, 0.2) is 0 Å². The molecule has 1 rings (SSSR count). The third-order valence-corrected chi connectivity index (χ3v) is 2.56. The fraction of sp³-hybridized carbons (Fsp3) is 0.500. The lowest BCUT2D eigenvalue weighted by Crippen LogP contribution is -2.37. The van der Waals surface area contributed by atoms with Crippen LogP contribution in [0.15, 0.2) is 24.4 Å². The van der Waals surface area contributed by atoms with Crippen molar-refractivity contribution in [3.63, 3.8) is 0 Å². The van der Waals surface area contributed by atoms with Gasteiger partial charge in [-0.2, -0.15) is 0 Å². The molecule has 1 aromatic rings. The largest absolute Gasteiger partial charge is 0.481 e. The predicted octanol–water partition coefficient (Wildman–Crippen LogP) is 1.84. The van der Waals surface area contributed by atoms with Crippen LogP contribution in [0.5, 0.6) is 0 Å². The van der Waals surface area contributed by atoms with Crippen molar-refractivity contribution in [3.8, 4) is 0 Å². The second kappa shape index (κ2) is 5.07. The van der Waals surface area contributed by atoms with E-state index >= 15 is 0 Å². The first-order valence-electron chi connectivity index (χ1n) is 5.31. The lowest BCUT2D eigenvalue weighted by molar-refractivity contribution is -0.146. The fourth-order valence-corrected chi connectivity index (χ4v) is 1.22. The third-order valence-electron chi connectivity index (χ3n) is 2.56. The van der Waals surface area contributed by atoms with Gasteiger partial charge in [0.25, 0.3) is 0 Å². The zero-order valence-electron chi connectivity index (χ0n) is 9.90. The predicted molar refractivity (Wildman–Crippen MR) is 62.1 cm³/mol. The number of aromatic nitrogens is 1. The summed E-state index contributed by atoms with van der Waals surface area (Å²) in [5.74, 6) is -0.798. The molecule has 0 radical (unpaired) electrons. The normalized spacial score (nSPS) is 13.4. The van der Waals surface area contributed by atoms with Crippen LogP contribution in [-0.4, -0.2) is 22.6 Å². The number of carbonyl (C=O) groups is 1. The highest BCUT2D eigenvalue weighted by molar-refractivity contribution is 5.73. The maximum Gasteiger partial charge on any atom is 0.310 e. The highest BCUT2D eigenvalue weighted by atomic mass is 16.4. The molecule has 2 N–H and O–H groups in total. The molecular weight excluding hydrogens is 204 g/mol. The highest BCUT2D eigenvalue weighted by Gasteiger charge is 2.27. The van der Waals surface area contributed by atoms with Crippen molar-refractivity contribution >= 4 is 5.97 Å². The second-order valence-corrected chi connectivity index (χ2v) is 4.55. The molecule has 0 unspecified atom stereocenters. The van der Waals surface area contributed by atoms with Gasteiger partial charge in [0.05, 0.1) is 11.1 Å². The van der Waals surface area contributed by atoms with Gasteiger partial charge in [-0.25, -0.2) is 0 Å². The lowest BCUT2D eigenvalue weighted by Gasteiger charge is -2.22. The molecule has 88 valence electrons. The number of carboxylic acid groups (broad SMARTS) is 1. The topological polar surface area (TPSA) is 62.2 Å². The summed E-state index contributed by atoms with van der Waals surface area (Å²) in [5.41, 5.74) is 0.159. The van der Waals surface area contributed by atoms with Crippen LogP contribution in [0, 0.1) is 5.41 Å². The summed E-state index contributed by atoms with van der Waals surface area (Å²) in [6.07, 6.45) is 1.73. The zero-order chi connectivity index (χ0) is 12.2.